The topological polar surface area (TPSA) is 133 Å². The lowest BCUT2D eigenvalue weighted by molar-refractivity contribution is 0.0642. The highest BCUT2D eigenvalue weighted by molar-refractivity contribution is 7.92. The smallest absolute Gasteiger partial charge is 0.264 e. The molecule has 0 bridgehead atoms. The van der Waals surface area contributed by atoms with Gasteiger partial charge >= 0.3 is 0 Å². The van der Waals surface area contributed by atoms with Crippen molar-refractivity contribution in [3.8, 4) is 17.4 Å². The molecule has 0 unspecified atom stereocenters. The van der Waals surface area contributed by atoms with E-state index in [9.17, 15) is 18.0 Å². The maximum Gasteiger partial charge on any atom is 0.264 e. The number of nitrogens with one attached hydrogen (secondary N) is 1. The highest BCUT2D eigenvalue weighted by Crippen LogP contribution is 2.36. The molecule has 0 saturated carbocycles. The second-order valence-corrected chi connectivity index (χ2v) is 9.94. The van der Waals surface area contributed by atoms with Gasteiger partial charge in [0.05, 0.1) is 51.1 Å². The summed E-state index contributed by atoms with van der Waals surface area (Å²) in [6.45, 7) is -0.104. The fraction of sp³-hybridized carbons (Fsp3) is 0.0400. The lowest BCUT2D eigenvalue weighted by atomic mass is 10.1. The van der Waals surface area contributed by atoms with Crippen molar-refractivity contribution >= 4 is 39.1 Å². The number of fused-ring (bicyclic) bond motifs is 1. The number of oxazole rings is 1. The number of benzene rings is 3. The Morgan fingerprint density at radius 2 is 1.78 bits per heavy atom. The Hall–Kier alpha value is -4.46. The normalized spacial score (nSPS) is 12.9. The summed E-state index contributed by atoms with van der Waals surface area (Å²) < 4.78 is 33.8. The van der Waals surface area contributed by atoms with E-state index in [4.69, 9.17) is 21.3 Å². The van der Waals surface area contributed by atoms with Crippen molar-refractivity contribution in [2.75, 3.05) is 4.72 Å². The summed E-state index contributed by atoms with van der Waals surface area (Å²) in [5.74, 6) is -0.870. The van der Waals surface area contributed by atoms with Gasteiger partial charge in [0, 0.05) is 5.56 Å². The second kappa shape index (κ2) is 8.96. The molecule has 1 aliphatic heterocycles. The Balaban J connectivity index is 1.46. The first-order valence-electron chi connectivity index (χ1n) is 10.5. The van der Waals surface area contributed by atoms with Crippen molar-refractivity contribution in [3.63, 3.8) is 0 Å². The lowest BCUT2D eigenvalue weighted by Gasteiger charge is -2.14. The minimum atomic E-state index is -4.12. The van der Waals surface area contributed by atoms with Crippen LogP contribution >= 0.6 is 11.6 Å². The average Bonchev–Trinajstić information content (AvgIpc) is 3.50. The van der Waals surface area contributed by atoms with Gasteiger partial charge in [0.15, 0.2) is 12.2 Å². The number of nitrogens with zero attached hydrogens (tertiary/aromatic N) is 3. The summed E-state index contributed by atoms with van der Waals surface area (Å²) in [5, 5.41) is 9.14. The number of halogens is 1. The van der Waals surface area contributed by atoms with Crippen LogP contribution in [0.4, 0.5) is 5.69 Å². The molecule has 0 saturated heterocycles. The Bertz CT molecular complexity index is 1660. The molecular formula is C25H15ClN4O5S. The monoisotopic (exact) mass is 518 g/mol. The molecule has 1 N–H and O–H groups in total. The molecule has 9 nitrogen and oxygen atoms in total. The van der Waals surface area contributed by atoms with Gasteiger partial charge in [0.1, 0.15) is 0 Å². The molecule has 1 aromatic heterocycles. The zero-order chi connectivity index (χ0) is 25.4. The predicted octanol–water partition coefficient (Wildman–Crippen LogP) is 4.46. The maximum absolute atomic E-state index is 13.3. The third-order valence-corrected chi connectivity index (χ3v) is 7.29. The van der Waals surface area contributed by atoms with Gasteiger partial charge in [-0.15, -0.1) is 0 Å². The first-order valence-corrected chi connectivity index (χ1v) is 12.3. The minimum absolute atomic E-state index is 0.0241. The van der Waals surface area contributed by atoms with Gasteiger partial charge in [-0.25, -0.2) is 13.4 Å². The quantitative estimate of drug-likeness (QED) is 0.372. The van der Waals surface area contributed by atoms with E-state index in [0.29, 0.717) is 22.5 Å². The van der Waals surface area contributed by atoms with Crippen molar-refractivity contribution in [2.45, 2.75) is 11.4 Å². The van der Waals surface area contributed by atoms with Crippen molar-refractivity contribution < 1.29 is 22.4 Å². The highest BCUT2D eigenvalue weighted by Gasteiger charge is 2.40. The van der Waals surface area contributed by atoms with Crippen LogP contribution in [0.15, 0.2) is 82.6 Å². The van der Waals surface area contributed by atoms with Crippen LogP contribution in [-0.2, 0) is 16.6 Å². The van der Waals surface area contributed by atoms with E-state index < -0.39 is 21.8 Å². The van der Waals surface area contributed by atoms with Crippen LogP contribution in [0.1, 0.15) is 31.8 Å². The SMILES string of the molecule is N#Cc1cccc(CN2C(=O)c3c(Cl)ccc(NS(=O)(=O)c4ccc(-c5cnco5)cc4)c3C2=O)c1. The van der Waals surface area contributed by atoms with Crippen molar-refractivity contribution in [3.05, 3.63) is 101 Å². The molecule has 178 valence electrons. The summed E-state index contributed by atoms with van der Waals surface area (Å²) in [5.41, 5.74) is 1.29. The first-order chi connectivity index (χ1) is 17.3. The van der Waals surface area contributed by atoms with Crippen molar-refractivity contribution in [1.82, 2.24) is 9.88 Å². The van der Waals surface area contributed by atoms with Gasteiger partial charge in [-0.2, -0.15) is 5.26 Å². The average molecular weight is 519 g/mol. The van der Waals surface area contributed by atoms with Gasteiger partial charge in [-0.1, -0.05) is 23.7 Å². The summed E-state index contributed by atoms with van der Waals surface area (Å²) in [7, 11) is -4.12. The molecule has 0 atom stereocenters. The number of carbonyl (C=O) groups is 2. The molecule has 1 aliphatic rings. The third kappa shape index (κ3) is 4.11. The van der Waals surface area contributed by atoms with Crippen LogP contribution in [-0.4, -0.2) is 30.1 Å². The summed E-state index contributed by atoms with van der Waals surface area (Å²) in [6.07, 6.45) is 2.77. The fourth-order valence-electron chi connectivity index (χ4n) is 3.88. The van der Waals surface area contributed by atoms with Crippen LogP contribution < -0.4 is 4.72 Å². The zero-order valence-corrected chi connectivity index (χ0v) is 19.9. The molecule has 0 radical (unpaired) electrons. The van der Waals surface area contributed by atoms with Gasteiger partial charge in [-0.3, -0.25) is 19.2 Å². The number of sulfonamides is 1. The molecule has 0 spiro atoms. The van der Waals surface area contributed by atoms with Crippen LogP contribution in [0.25, 0.3) is 11.3 Å². The maximum atomic E-state index is 13.3. The number of anilines is 1. The highest BCUT2D eigenvalue weighted by atomic mass is 35.5. The number of nitriles is 1. The molecule has 0 fully saturated rings. The molecule has 2 heterocycles. The van der Waals surface area contributed by atoms with Crippen LogP contribution in [0, 0.1) is 11.3 Å². The molecule has 2 amide bonds. The molecule has 4 aromatic rings. The molecule has 5 rings (SSSR count). The lowest BCUT2D eigenvalue weighted by Crippen LogP contribution is -2.29. The van der Waals surface area contributed by atoms with E-state index >= 15 is 0 Å². The molecule has 11 heteroatoms. The molecule has 3 aromatic carbocycles. The number of aromatic nitrogens is 1. The minimum Gasteiger partial charge on any atom is -0.444 e. The van der Waals surface area contributed by atoms with Crippen LogP contribution in [0.2, 0.25) is 5.02 Å². The Labute approximate surface area is 210 Å². The number of hydrogen-bond donors (Lipinski definition) is 1. The third-order valence-electron chi connectivity index (χ3n) is 5.60. The number of amides is 2. The predicted molar refractivity (Wildman–Crippen MR) is 130 cm³/mol. The van der Waals surface area contributed by atoms with E-state index in [1.54, 1.807) is 36.4 Å². The number of carbonyl (C=O) groups excluding carboxylic acids is 2. The summed E-state index contributed by atoms with van der Waals surface area (Å²) in [4.78, 5) is 31.1. The summed E-state index contributed by atoms with van der Waals surface area (Å²) in [6, 6.07) is 17.1. The van der Waals surface area contributed by atoms with Crippen molar-refractivity contribution in [2.24, 2.45) is 0 Å². The van der Waals surface area contributed by atoms with E-state index in [0.717, 1.165) is 4.90 Å². The molecule has 36 heavy (non-hydrogen) atoms. The van der Waals surface area contributed by atoms with E-state index in [-0.39, 0.29) is 33.3 Å². The van der Waals surface area contributed by atoms with E-state index in [1.165, 1.54) is 36.9 Å². The van der Waals surface area contributed by atoms with Gasteiger partial charge in [-0.05, 0) is 54.1 Å². The Morgan fingerprint density at radius 1 is 1.03 bits per heavy atom. The Morgan fingerprint density at radius 3 is 2.47 bits per heavy atom. The first kappa shape index (κ1) is 23.3. The van der Waals surface area contributed by atoms with Gasteiger partial charge in [0.25, 0.3) is 21.8 Å². The number of hydrogen-bond acceptors (Lipinski definition) is 7. The fourth-order valence-corrected chi connectivity index (χ4v) is 5.19. The van der Waals surface area contributed by atoms with Gasteiger partial charge < -0.3 is 4.42 Å². The summed E-state index contributed by atoms with van der Waals surface area (Å²) >= 11 is 6.24. The number of rotatable bonds is 6. The molecule has 0 aliphatic carbocycles. The second-order valence-electron chi connectivity index (χ2n) is 7.85. The van der Waals surface area contributed by atoms with Crippen LogP contribution in [0.3, 0.4) is 0 Å². The zero-order valence-electron chi connectivity index (χ0n) is 18.3. The van der Waals surface area contributed by atoms with Gasteiger partial charge in [0.2, 0.25) is 0 Å². The molecular weight excluding hydrogens is 504 g/mol. The number of imide groups is 1. The largest absolute Gasteiger partial charge is 0.444 e. The Kier molecular flexibility index (Phi) is 5.80. The standard InChI is InChI=1S/C25H15ClN4O5S/c26-19-8-9-20(29-36(33,34)18-6-4-17(5-7-18)21-12-28-14-35-21)23-22(19)24(31)30(25(23)32)13-16-3-1-2-15(10-16)11-27/h1-10,12,14,29H,13H2. The van der Waals surface area contributed by atoms with E-state index in [1.807, 2.05) is 6.07 Å². The van der Waals surface area contributed by atoms with E-state index in [2.05, 4.69) is 9.71 Å². The van der Waals surface area contributed by atoms with Crippen molar-refractivity contribution in [1.29, 1.82) is 5.26 Å². The van der Waals surface area contributed by atoms with Crippen LogP contribution in [0.5, 0.6) is 0 Å².